The smallest absolute Gasteiger partial charge is 0.251 e. The van der Waals surface area contributed by atoms with Crippen LogP contribution in [0.3, 0.4) is 0 Å². The molecule has 1 aromatic rings. The third-order valence-corrected chi connectivity index (χ3v) is 3.10. The van der Waals surface area contributed by atoms with Gasteiger partial charge in [0.2, 0.25) is 0 Å². The van der Waals surface area contributed by atoms with Gasteiger partial charge in [-0.25, -0.2) is 0 Å². The summed E-state index contributed by atoms with van der Waals surface area (Å²) in [5, 5.41) is 6.15. The summed E-state index contributed by atoms with van der Waals surface area (Å²) in [4.78, 5) is 12.0. The Balaban J connectivity index is 1.87. The Morgan fingerprint density at radius 1 is 1.47 bits per heavy atom. The van der Waals surface area contributed by atoms with Gasteiger partial charge in [0.05, 0.1) is 6.61 Å². The van der Waals surface area contributed by atoms with E-state index in [0.29, 0.717) is 24.0 Å². The molecule has 0 bridgehead atoms. The molecule has 0 unspecified atom stereocenters. The molecule has 1 saturated heterocycles. The maximum atomic E-state index is 12.0. The molecule has 19 heavy (non-hydrogen) atoms. The maximum absolute atomic E-state index is 12.0. The maximum Gasteiger partial charge on any atom is 0.251 e. The molecule has 1 heterocycles. The number of amides is 1. The summed E-state index contributed by atoms with van der Waals surface area (Å²) in [6.45, 7) is 7.60. The molecule has 0 radical (unpaired) electrons. The largest absolute Gasteiger partial charge is 0.493 e. The third-order valence-electron chi connectivity index (χ3n) is 3.10. The predicted octanol–water partition coefficient (Wildman–Crippen LogP) is 1.67. The van der Waals surface area contributed by atoms with Gasteiger partial charge >= 0.3 is 0 Å². The van der Waals surface area contributed by atoms with Gasteiger partial charge in [0.25, 0.3) is 5.91 Å². The van der Waals surface area contributed by atoms with Crippen molar-refractivity contribution in [2.75, 3.05) is 26.2 Å². The molecule has 0 aromatic heterocycles. The van der Waals surface area contributed by atoms with Crippen LogP contribution in [-0.2, 0) is 0 Å². The predicted molar refractivity (Wildman–Crippen MR) is 75.5 cm³/mol. The zero-order valence-corrected chi connectivity index (χ0v) is 11.6. The lowest BCUT2D eigenvalue weighted by molar-refractivity contribution is 0.0941. The van der Waals surface area contributed by atoms with E-state index in [-0.39, 0.29) is 5.91 Å². The Hall–Kier alpha value is -1.55. The average molecular weight is 262 g/mol. The summed E-state index contributed by atoms with van der Waals surface area (Å²) < 4.78 is 5.63. The van der Waals surface area contributed by atoms with Crippen molar-refractivity contribution in [1.82, 2.24) is 10.6 Å². The summed E-state index contributed by atoms with van der Waals surface area (Å²) in [6, 6.07) is 7.36. The van der Waals surface area contributed by atoms with Crippen molar-refractivity contribution in [1.29, 1.82) is 0 Å². The molecule has 4 heteroatoms. The van der Waals surface area contributed by atoms with Crippen molar-refractivity contribution < 1.29 is 9.53 Å². The number of ether oxygens (including phenoxy) is 1. The minimum atomic E-state index is -0.0260. The molecule has 0 atom stereocenters. The fourth-order valence-corrected chi connectivity index (χ4v) is 1.82. The van der Waals surface area contributed by atoms with E-state index >= 15 is 0 Å². The quantitative estimate of drug-likeness (QED) is 0.820. The van der Waals surface area contributed by atoms with Crippen molar-refractivity contribution in [3.8, 4) is 5.75 Å². The average Bonchev–Trinajstić information content (AvgIpc) is 2.34. The van der Waals surface area contributed by atoms with Gasteiger partial charge in [-0.3, -0.25) is 4.79 Å². The zero-order valence-electron chi connectivity index (χ0n) is 11.6. The van der Waals surface area contributed by atoms with Crippen LogP contribution in [-0.4, -0.2) is 32.1 Å². The first-order valence-electron chi connectivity index (χ1n) is 6.87. The Kier molecular flexibility index (Phi) is 4.80. The van der Waals surface area contributed by atoms with E-state index in [0.717, 1.165) is 25.4 Å². The van der Waals surface area contributed by atoms with E-state index in [2.05, 4.69) is 24.5 Å². The molecule has 0 aliphatic carbocycles. The summed E-state index contributed by atoms with van der Waals surface area (Å²) in [5.41, 5.74) is 0.661. The van der Waals surface area contributed by atoms with Crippen molar-refractivity contribution in [2.24, 2.45) is 11.8 Å². The normalized spacial score (nSPS) is 15.1. The van der Waals surface area contributed by atoms with Crippen LogP contribution < -0.4 is 15.4 Å². The van der Waals surface area contributed by atoms with Gasteiger partial charge in [0.1, 0.15) is 5.75 Å². The third kappa shape index (κ3) is 4.24. The fourth-order valence-electron chi connectivity index (χ4n) is 1.82. The second kappa shape index (κ2) is 6.57. The Morgan fingerprint density at radius 2 is 2.26 bits per heavy atom. The molecule has 1 aliphatic heterocycles. The van der Waals surface area contributed by atoms with Crippen molar-refractivity contribution in [3.63, 3.8) is 0 Å². The highest BCUT2D eigenvalue weighted by Crippen LogP contribution is 2.14. The standard InChI is InChI=1S/C15H22N2O2/c1-11(2)10-19-14-5-3-4-13(6-14)15(18)17-9-12-7-16-8-12/h3-6,11-12,16H,7-10H2,1-2H3,(H,17,18). The van der Waals surface area contributed by atoms with Gasteiger partial charge in [-0.1, -0.05) is 19.9 Å². The van der Waals surface area contributed by atoms with Crippen molar-refractivity contribution in [3.05, 3.63) is 29.8 Å². The second-order valence-corrected chi connectivity index (χ2v) is 5.47. The highest BCUT2D eigenvalue weighted by molar-refractivity contribution is 5.94. The molecular formula is C15H22N2O2. The molecule has 2 rings (SSSR count). The number of hydrogen-bond acceptors (Lipinski definition) is 3. The molecule has 1 aromatic carbocycles. The fraction of sp³-hybridized carbons (Fsp3) is 0.533. The van der Waals surface area contributed by atoms with Crippen molar-refractivity contribution in [2.45, 2.75) is 13.8 Å². The molecule has 1 fully saturated rings. The first kappa shape index (κ1) is 13.9. The molecule has 0 spiro atoms. The lowest BCUT2D eigenvalue weighted by Crippen LogP contribution is -2.48. The van der Waals surface area contributed by atoms with Crippen LogP contribution in [0.25, 0.3) is 0 Å². The van der Waals surface area contributed by atoms with Gasteiger partial charge in [0, 0.05) is 31.1 Å². The van der Waals surface area contributed by atoms with E-state index in [9.17, 15) is 4.79 Å². The second-order valence-electron chi connectivity index (χ2n) is 5.47. The molecule has 1 amide bonds. The highest BCUT2D eigenvalue weighted by atomic mass is 16.5. The topological polar surface area (TPSA) is 50.4 Å². The molecule has 2 N–H and O–H groups in total. The molecule has 0 saturated carbocycles. The number of benzene rings is 1. The lowest BCUT2D eigenvalue weighted by Gasteiger charge is -2.27. The van der Waals surface area contributed by atoms with Crippen molar-refractivity contribution >= 4 is 5.91 Å². The highest BCUT2D eigenvalue weighted by Gasteiger charge is 2.17. The first-order chi connectivity index (χ1) is 9.15. The number of nitrogens with one attached hydrogen (secondary N) is 2. The zero-order chi connectivity index (χ0) is 13.7. The van der Waals surface area contributed by atoms with E-state index < -0.39 is 0 Å². The Labute approximate surface area is 114 Å². The summed E-state index contributed by atoms with van der Waals surface area (Å²) in [7, 11) is 0. The van der Waals surface area contributed by atoms with Crippen LogP contribution in [0, 0.1) is 11.8 Å². The van der Waals surface area contributed by atoms with E-state index in [1.54, 1.807) is 6.07 Å². The number of carbonyl (C=O) groups is 1. The monoisotopic (exact) mass is 262 g/mol. The first-order valence-corrected chi connectivity index (χ1v) is 6.87. The molecule has 1 aliphatic rings. The van der Waals surface area contributed by atoms with Crippen LogP contribution in [0.15, 0.2) is 24.3 Å². The van der Waals surface area contributed by atoms with Crippen LogP contribution >= 0.6 is 0 Å². The van der Waals surface area contributed by atoms with Gasteiger partial charge in [-0.05, 0) is 24.1 Å². The molecule has 104 valence electrons. The lowest BCUT2D eigenvalue weighted by atomic mass is 10.0. The van der Waals surface area contributed by atoms with Crippen LogP contribution in [0.5, 0.6) is 5.75 Å². The minimum absolute atomic E-state index is 0.0260. The van der Waals surface area contributed by atoms with Gasteiger partial charge in [0.15, 0.2) is 0 Å². The number of rotatable bonds is 6. The molecular weight excluding hydrogens is 240 g/mol. The number of hydrogen-bond donors (Lipinski definition) is 2. The van der Waals surface area contributed by atoms with Gasteiger partial charge < -0.3 is 15.4 Å². The summed E-state index contributed by atoms with van der Waals surface area (Å²) >= 11 is 0. The van der Waals surface area contributed by atoms with E-state index in [4.69, 9.17) is 4.74 Å². The Morgan fingerprint density at radius 3 is 2.89 bits per heavy atom. The summed E-state index contributed by atoms with van der Waals surface area (Å²) in [5.74, 6) is 1.78. The van der Waals surface area contributed by atoms with Crippen LogP contribution in [0.1, 0.15) is 24.2 Å². The Bertz CT molecular complexity index is 428. The van der Waals surface area contributed by atoms with Crippen LogP contribution in [0.4, 0.5) is 0 Å². The van der Waals surface area contributed by atoms with Gasteiger partial charge in [-0.15, -0.1) is 0 Å². The van der Waals surface area contributed by atoms with Gasteiger partial charge in [-0.2, -0.15) is 0 Å². The van der Waals surface area contributed by atoms with Crippen LogP contribution in [0.2, 0.25) is 0 Å². The minimum Gasteiger partial charge on any atom is -0.493 e. The molecule has 4 nitrogen and oxygen atoms in total. The van der Waals surface area contributed by atoms with E-state index in [1.165, 1.54) is 0 Å². The SMILES string of the molecule is CC(C)COc1cccc(C(=O)NCC2CNC2)c1. The number of carbonyl (C=O) groups excluding carboxylic acids is 1. The summed E-state index contributed by atoms with van der Waals surface area (Å²) in [6.07, 6.45) is 0. The van der Waals surface area contributed by atoms with E-state index in [1.807, 2.05) is 18.2 Å².